The van der Waals surface area contributed by atoms with Crippen molar-refractivity contribution in [1.82, 2.24) is 4.98 Å². The minimum Gasteiger partial charge on any atom is -0.507 e. The summed E-state index contributed by atoms with van der Waals surface area (Å²) in [4.78, 5) is 8.85. The predicted octanol–water partition coefficient (Wildman–Crippen LogP) is 5.57. The van der Waals surface area contributed by atoms with E-state index in [4.69, 9.17) is 4.42 Å². The second-order valence-corrected chi connectivity index (χ2v) is 7.35. The van der Waals surface area contributed by atoms with Crippen LogP contribution in [0.2, 0.25) is 0 Å². The Morgan fingerprint density at radius 3 is 2.70 bits per heavy atom. The molecule has 4 aromatic rings. The standard InChI is InChI=1S/C21H15IN2O3/c1-12-8-14(22)9-13(20(12)26)11-23-15-6-7-18(25)16(10-15)21-24-17-4-2-3-5-19(17)27-21/h2-11,25-26H,1H3. The zero-order valence-electron chi connectivity index (χ0n) is 14.3. The molecular formula is C21H15IN2O3. The van der Waals surface area contributed by atoms with Crippen molar-refractivity contribution in [2.24, 2.45) is 4.99 Å². The lowest BCUT2D eigenvalue weighted by molar-refractivity contribution is 0.470. The second kappa shape index (κ2) is 7.03. The number of oxazole rings is 1. The molecule has 0 aliphatic carbocycles. The van der Waals surface area contributed by atoms with E-state index in [1.54, 1.807) is 24.4 Å². The van der Waals surface area contributed by atoms with Crippen LogP contribution in [0.15, 0.2) is 64.0 Å². The molecule has 0 aliphatic rings. The molecule has 0 saturated heterocycles. The summed E-state index contributed by atoms with van der Waals surface area (Å²) >= 11 is 2.20. The van der Waals surface area contributed by atoms with Crippen LogP contribution < -0.4 is 0 Å². The number of aromatic nitrogens is 1. The number of aliphatic imine (C=N–C) groups is 1. The van der Waals surface area contributed by atoms with E-state index < -0.39 is 0 Å². The molecule has 0 unspecified atom stereocenters. The van der Waals surface area contributed by atoms with E-state index in [1.807, 2.05) is 43.3 Å². The van der Waals surface area contributed by atoms with E-state index in [1.165, 1.54) is 0 Å². The van der Waals surface area contributed by atoms with Crippen LogP contribution in [0.5, 0.6) is 11.5 Å². The Hall–Kier alpha value is -2.87. The summed E-state index contributed by atoms with van der Waals surface area (Å²) in [5.74, 6) is 0.601. The van der Waals surface area contributed by atoms with Crippen molar-refractivity contribution in [1.29, 1.82) is 0 Å². The van der Waals surface area contributed by atoms with E-state index in [9.17, 15) is 10.2 Å². The minimum absolute atomic E-state index is 0.0634. The molecule has 3 aromatic carbocycles. The Balaban J connectivity index is 1.72. The van der Waals surface area contributed by atoms with Crippen LogP contribution in [-0.2, 0) is 0 Å². The number of rotatable bonds is 3. The molecule has 134 valence electrons. The van der Waals surface area contributed by atoms with E-state index in [0.29, 0.717) is 28.3 Å². The van der Waals surface area contributed by atoms with Gasteiger partial charge in [-0.3, -0.25) is 4.99 Å². The van der Waals surface area contributed by atoms with Crippen molar-refractivity contribution in [3.63, 3.8) is 0 Å². The molecule has 4 rings (SSSR count). The number of aryl methyl sites for hydroxylation is 1. The quantitative estimate of drug-likeness (QED) is 0.303. The van der Waals surface area contributed by atoms with Crippen molar-refractivity contribution in [3.05, 3.63) is 69.3 Å². The number of phenolic OH excluding ortho intramolecular Hbond substituents is 2. The van der Waals surface area contributed by atoms with Crippen molar-refractivity contribution in [3.8, 4) is 23.0 Å². The summed E-state index contributed by atoms with van der Waals surface area (Å²) in [6, 6.07) is 16.1. The zero-order valence-corrected chi connectivity index (χ0v) is 16.5. The van der Waals surface area contributed by atoms with Gasteiger partial charge in [0.05, 0.1) is 11.3 Å². The van der Waals surface area contributed by atoms with Gasteiger partial charge >= 0.3 is 0 Å². The molecule has 0 radical (unpaired) electrons. The van der Waals surface area contributed by atoms with Gasteiger partial charge in [0.1, 0.15) is 17.0 Å². The van der Waals surface area contributed by atoms with Gasteiger partial charge in [0.2, 0.25) is 5.89 Å². The Kier molecular flexibility index (Phi) is 4.57. The summed E-state index contributed by atoms with van der Waals surface area (Å²) < 4.78 is 6.76. The lowest BCUT2D eigenvalue weighted by Gasteiger charge is -2.05. The van der Waals surface area contributed by atoms with E-state index in [-0.39, 0.29) is 11.5 Å². The average Bonchev–Trinajstić information content (AvgIpc) is 3.08. The van der Waals surface area contributed by atoms with Crippen LogP contribution in [0, 0.1) is 10.5 Å². The number of halogens is 1. The highest BCUT2D eigenvalue weighted by atomic mass is 127. The smallest absolute Gasteiger partial charge is 0.231 e. The number of aromatic hydroxyl groups is 2. The first-order valence-corrected chi connectivity index (χ1v) is 9.31. The number of benzene rings is 3. The molecule has 0 fully saturated rings. The molecule has 0 amide bonds. The number of hydrogen-bond acceptors (Lipinski definition) is 5. The van der Waals surface area contributed by atoms with Gasteiger partial charge in [-0.1, -0.05) is 12.1 Å². The van der Waals surface area contributed by atoms with Gasteiger partial charge in [0.25, 0.3) is 0 Å². The fraction of sp³-hybridized carbons (Fsp3) is 0.0476. The third-order valence-electron chi connectivity index (χ3n) is 4.15. The molecule has 1 heterocycles. The van der Waals surface area contributed by atoms with Crippen LogP contribution in [0.3, 0.4) is 0 Å². The van der Waals surface area contributed by atoms with E-state index in [0.717, 1.165) is 14.7 Å². The number of phenols is 2. The van der Waals surface area contributed by atoms with E-state index in [2.05, 4.69) is 32.6 Å². The van der Waals surface area contributed by atoms with Crippen LogP contribution in [0.1, 0.15) is 11.1 Å². The fourth-order valence-corrected chi connectivity index (χ4v) is 3.57. The van der Waals surface area contributed by atoms with Crippen LogP contribution in [0.4, 0.5) is 5.69 Å². The topological polar surface area (TPSA) is 78.9 Å². The van der Waals surface area contributed by atoms with Crippen LogP contribution >= 0.6 is 22.6 Å². The Morgan fingerprint density at radius 1 is 1.07 bits per heavy atom. The van der Waals surface area contributed by atoms with Gasteiger partial charge in [0, 0.05) is 15.3 Å². The number of nitrogens with zero attached hydrogens (tertiary/aromatic N) is 2. The normalized spacial score (nSPS) is 11.5. The molecular weight excluding hydrogens is 455 g/mol. The first kappa shape index (κ1) is 17.5. The van der Waals surface area contributed by atoms with Crippen molar-refractivity contribution < 1.29 is 14.6 Å². The van der Waals surface area contributed by atoms with Crippen molar-refractivity contribution in [2.45, 2.75) is 6.92 Å². The monoisotopic (exact) mass is 470 g/mol. The molecule has 6 heteroatoms. The van der Waals surface area contributed by atoms with Crippen LogP contribution in [0.25, 0.3) is 22.6 Å². The lowest BCUT2D eigenvalue weighted by atomic mass is 10.1. The van der Waals surface area contributed by atoms with Gasteiger partial charge in [-0.15, -0.1) is 0 Å². The summed E-state index contributed by atoms with van der Waals surface area (Å²) in [5.41, 5.74) is 3.88. The third-order valence-corrected chi connectivity index (χ3v) is 4.77. The molecule has 0 atom stereocenters. The molecule has 0 aliphatic heterocycles. The number of para-hydroxylation sites is 2. The highest BCUT2D eigenvalue weighted by Gasteiger charge is 2.13. The number of hydrogen-bond donors (Lipinski definition) is 2. The maximum atomic E-state index is 10.2. The first-order chi connectivity index (χ1) is 13.0. The van der Waals surface area contributed by atoms with Gasteiger partial charge in [-0.25, -0.2) is 4.98 Å². The number of fused-ring (bicyclic) bond motifs is 1. The molecule has 0 spiro atoms. The Bertz CT molecular complexity index is 1150. The Labute approximate surface area is 169 Å². The predicted molar refractivity (Wildman–Crippen MR) is 114 cm³/mol. The summed E-state index contributed by atoms with van der Waals surface area (Å²) in [7, 11) is 0. The van der Waals surface area contributed by atoms with Crippen LogP contribution in [-0.4, -0.2) is 21.4 Å². The summed E-state index contributed by atoms with van der Waals surface area (Å²) in [5, 5.41) is 20.4. The molecule has 5 nitrogen and oxygen atoms in total. The SMILES string of the molecule is Cc1cc(I)cc(C=Nc2ccc(O)c(-c3nc4ccccc4o3)c2)c1O. The minimum atomic E-state index is 0.0634. The maximum absolute atomic E-state index is 10.2. The first-order valence-electron chi connectivity index (χ1n) is 8.23. The highest BCUT2D eigenvalue weighted by Crippen LogP contribution is 2.34. The zero-order chi connectivity index (χ0) is 19.0. The van der Waals surface area contributed by atoms with Gasteiger partial charge < -0.3 is 14.6 Å². The lowest BCUT2D eigenvalue weighted by Crippen LogP contribution is -1.88. The van der Waals surface area contributed by atoms with Gasteiger partial charge in [0.15, 0.2) is 5.58 Å². The average molecular weight is 470 g/mol. The summed E-state index contributed by atoms with van der Waals surface area (Å²) in [6.45, 7) is 1.85. The second-order valence-electron chi connectivity index (χ2n) is 6.11. The largest absolute Gasteiger partial charge is 0.507 e. The molecule has 2 N–H and O–H groups in total. The maximum Gasteiger partial charge on any atom is 0.231 e. The molecule has 1 aromatic heterocycles. The van der Waals surface area contributed by atoms with Crippen molar-refractivity contribution in [2.75, 3.05) is 0 Å². The molecule has 0 bridgehead atoms. The third kappa shape index (κ3) is 3.52. The summed E-state index contributed by atoms with van der Waals surface area (Å²) in [6.07, 6.45) is 1.60. The highest BCUT2D eigenvalue weighted by molar-refractivity contribution is 14.1. The van der Waals surface area contributed by atoms with Gasteiger partial charge in [-0.05, 0) is 77.5 Å². The Morgan fingerprint density at radius 2 is 1.89 bits per heavy atom. The van der Waals surface area contributed by atoms with E-state index >= 15 is 0 Å². The molecule has 0 saturated carbocycles. The molecule has 27 heavy (non-hydrogen) atoms. The fourth-order valence-electron chi connectivity index (χ4n) is 2.77. The van der Waals surface area contributed by atoms with Crippen molar-refractivity contribution >= 4 is 45.6 Å². The van der Waals surface area contributed by atoms with Gasteiger partial charge in [-0.2, -0.15) is 0 Å².